The molecule has 0 radical (unpaired) electrons. The summed E-state index contributed by atoms with van der Waals surface area (Å²) in [5.41, 5.74) is 0. The van der Waals surface area contributed by atoms with E-state index in [1.165, 1.54) is 0 Å². The maximum atomic E-state index is 12.0. The van der Waals surface area contributed by atoms with Crippen LogP contribution < -0.4 is 0 Å². The van der Waals surface area contributed by atoms with E-state index in [4.69, 9.17) is 4.74 Å². The Morgan fingerprint density at radius 3 is 2.83 bits per heavy atom. The molecule has 0 aliphatic carbocycles. The van der Waals surface area contributed by atoms with Crippen molar-refractivity contribution in [1.29, 1.82) is 0 Å². The summed E-state index contributed by atoms with van der Waals surface area (Å²) in [5, 5.41) is 0. The Hall–Kier alpha value is -1.10. The van der Waals surface area contributed by atoms with Crippen LogP contribution in [0.2, 0.25) is 0 Å². The number of nitrogens with zero attached hydrogens (tertiary/aromatic N) is 2. The lowest BCUT2D eigenvalue weighted by Crippen LogP contribution is -2.40. The van der Waals surface area contributed by atoms with Gasteiger partial charge in [-0.25, -0.2) is 0 Å². The van der Waals surface area contributed by atoms with Gasteiger partial charge in [0, 0.05) is 33.2 Å². The number of hydrogen-bond donors (Lipinski definition) is 0. The number of methoxy groups -OCH3 is 1. The highest BCUT2D eigenvalue weighted by atomic mass is 16.5. The quantitative estimate of drug-likeness (QED) is 0.709. The van der Waals surface area contributed by atoms with Gasteiger partial charge in [-0.2, -0.15) is 0 Å². The normalized spacial score (nSPS) is 16.9. The standard InChI is InChI=1S/C13H24N2O3/c1-3-4-6-12(16)15-8-5-7-14(9-10-18-2)13(17)11-15/h3-11H2,1-2H3. The minimum Gasteiger partial charge on any atom is -0.383 e. The van der Waals surface area contributed by atoms with Gasteiger partial charge < -0.3 is 14.5 Å². The van der Waals surface area contributed by atoms with Crippen LogP contribution in [0.25, 0.3) is 0 Å². The molecule has 5 nitrogen and oxygen atoms in total. The fourth-order valence-electron chi connectivity index (χ4n) is 2.06. The summed E-state index contributed by atoms with van der Waals surface area (Å²) in [6.45, 7) is 4.87. The van der Waals surface area contributed by atoms with E-state index in [2.05, 4.69) is 6.92 Å². The fourth-order valence-corrected chi connectivity index (χ4v) is 2.06. The van der Waals surface area contributed by atoms with Gasteiger partial charge in [0.25, 0.3) is 0 Å². The molecular formula is C13H24N2O3. The highest BCUT2D eigenvalue weighted by molar-refractivity contribution is 5.85. The number of carbonyl (C=O) groups is 2. The number of amides is 2. The van der Waals surface area contributed by atoms with Crippen LogP contribution in [-0.4, -0.2) is 61.5 Å². The zero-order chi connectivity index (χ0) is 13.4. The minimum absolute atomic E-state index is 0.0365. The van der Waals surface area contributed by atoms with Gasteiger partial charge in [-0.15, -0.1) is 0 Å². The molecule has 1 aliphatic rings. The fraction of sp³-hybridized carbons (Fsp3) is 0.846. The number of unbranched alkanes of at least 4 members (excludes halogenated alkanes) is 1. The summed E-state index contributed by atoms with van der Waals surface area (Å²) in [6.07, 6.45) is 3.32. The second kappa shape index (κ2) is 8.08. The maximum Gasteiger partial charge on any atom is 0.242 e. The third-order valence-corrected chi connectivity index (χ3v) is 3.20. The smallest absolute Gasteiger partial charge is 0.242 e. The molecule has 0 aromatic carbocycles. The van der Waals surface area contributed by atoms with E-state index in [9.17, 15) is 9.59 Å². The molecule has 0 atom stereocenters. The van der Waals surface area contributed by atoms with E-state index in [0.29, 0.717) is 26.1 Å². The summed E-state index contributed by atoms with van der Waals surface area (Å²) in [7, 11) is 1.63. The lowest BCUT2D eigenvalue weighted by Gasteiger charge is -2.21. The van der Waals surface area contributed by atoms with Crippen molar-refractivity contribution in [3.05, 3.63) is 0 Å². The van der Waals surface area contributed by atoms with Crippen LogP contribution >= 0.6 is 0 Å². The molecule has 1 heterocycles. The van der Waals surface area contributed by atoms with Crippen molar-refractivity contribution in [1.82, 2.24) is 9.80 Å². The van der Waals surface area contributed by atoms with Crippen LogP contribution in [0, 0.1) is 0 Å². The Labute approximate surface area is 109 Å². The monoisotopic (exact) mass is 256 g/mol. The molecule has 1 aliphatic heterocycles. The van der Waals surface area contributed by atoms with Gasteiger partial charge in [-0.3, -0.25) is 9.59 Å². The highest BCUT2D eigenvalue weighted by Gasteiger charge is 2.23. The number of hydrogen-bond acceptors (Lipinski definition) is 3. The predicted octanol–water partition coefficient (Wildman–Crippen LogP) is 0.884. The van der Waals surface area contributed by atoms with Crippen molar-refractivity contribution >= 4 is 11.8 Å². The Morgan fingerprint density at radius 2 is 2.17 bits per heavy atom. The molecule has 104 valence electrons. The highest BCUT2D eigenvalue weighted by Crippen LogP contribution is 2.08. The first-order chi connectivity index (χ1) is 8.69. The Balaban J connectivity index is 2.46. The Morgan fingerprint density at radius 1 is 1.39 bits per heavy atom. The van der Waals surface area contributed by atoms with Crippen molar-refractivity contribution in [3.63, 3.8) is 0 Å². The first-order valence-electron chi connectivity index (χ1n) is 6.73. The first kappa shape index (κ1) is 15.0. The van der Waals surface area contributed by atoms with Crippen molar-refractivity contribution in [2.24, 2.45) is 0 Å². The second-order valence-corrected chi connectivity index (χ2v) is 4.65. The SMILES string of the molecule is CCCCC(=O)N1CCCN(CCOC)C(=O)C1. The lowest BCUT2D eigenvalue weighted by atomic mass is 10.2. The van der Waals surface area contributed by atoms with Crippen LogP contribution in [0.15, 0.2) is 0 Å². The molecule has 18 heavy (non-hydrogen) atoms. The van der Waals surface area contributed by atoms with Crippen molar-refractivity contribution in [3.8, 4) is 0 Å². The molecule has 0 aromatic rings. The Bertz CT molecular complexity index is 281. The van der Waals surface area contributed by atoms with Crippen molar-refractivity contribution < 1.29 is 14.3 Å². The minimum atomic E-state index is 0.0365. The van der Waals surface area contributed by atoms with E-state index in [0.717, 1.165) is 25.8 Å². The third-order valence-electron chi connectivity index (χ3n) is 3.20. The van der Waals surface area contributed by atoms with Crippen LogP contribution in [-0.2, 0) is 14.3 Å². The molecule has 0 unspecified atom stereocenters. The molecule has 0 N–H and O–H groups in total. The lowest BCUT2D eigenvalue weighted by molar-refractivity contribution is -0.139. The van der Waals surface area contributed by atoms with Gasteiger partial charge in [0.15, 0.2) is 0 Å². The molecule has 1 fully saturated rings. The average Bonchev–Trinajstić information content (AvgIpc) is 2.55. The predicted molar refractivity (Wildman–Crippen MR) is 69.2 cm³/mol. The molecule has 1 rings (SSSR count). The zero-order valence-electron chi connectivity index (χ0n) is 11.5. The van der Waals surface area contributed by atoms with Crippen LogP contribution in [0.1, 0.15) is 32.6 Å². The average molecular weight is 256 g/mol. The molecule has 0 bridgehead atoms. The molecular weight excluding hydrogens is 232 g/mol. The summed E-state index contributed by atoms with van der Waals surface area (Å²) in [4.78, 5) is 27.4. The first-order valence-corrected chi connectivity index (χ1v) is 6.73. The maximum absolute atomic E-state index is 12.0. The molecule has 5 heteroatoms. The van der Waals surface area contributed by atoms with Gasteiger partial charge in [0.05, 0.1) is 13.2 Å². The van der Waals surface area contributed by atoms with Gasteiger partial charge in [0.1, 0.15) is 0 Å². The van der Waals surface area contributed by atoms with Gasteiger partial charge in [-0.05, 0) is 12.8 Å². The number of rotatable bonds is 6. The van der Waals surface area contributed by atoms with Crippen LogP contribution in [0.5, 0.6) is 0 Å². The van der Waals surface area contributed by atoms with Crippen molar-refractivity contribution in [2.45, 2.75) is 32.6 Å². The molecule has 0 aromatic heterocycles. The summed E-state index contributed by atoms with van der Waals surface area (Å²) in [5.74, 6) is 0.146. The Kier molecular flexibility index (Phi) is 6.72. The van der Waals surface area contributed by atoms with E-state index in [1.807, 2.05) is 0 Å². The topological polar surface area (TPSA) is 49.9 Å². The summed E-state index contributed by atoms with van der Waals surface area (Å²) in [6, 6.07) is 0. The van der Waals surface area contributed by atoms with Crippen molar-refractivity contribution in [2.75, 3.05) is 39.9 Å². The van der Waals surface area contributed by atoms with Crippen LogP contribution in [0.3, 0.4) is 0 Å². The van der Waals surface area contributed by atoms with Gasteiger partial charge >= 0.3 is 0 Å². The molecule has 0 spiro atoms. The van der Waals surface area contributed by atoms with Gasteiger partial charge in [0.2, 0.25) is 11.8 Å². The van der Waals surface area contributed by atoms with Gasteiger partial charge in [-0.1, -0.05) is 13.3 Å². The number of carbonyl (C=O) groups excluding carboxylic acids is 2. The largest absolute Gasteiger partial charge is 0.383 e. The molecule has 0 saturated carbocycles. The molecule has 1 saturated heterocycles. The summed E-state index contributed by atoms with van der Waals surface area (Å²) < 4.78 is 4.99. The van der Waals surface area contributed by atoms with Crippen LogP contribution in [0.4, 0.5) is 0 Å². The van der Waals surface area contributed by atoms with E-state index >= 15 is 0 Å². The molecule has 2 amide bonds. The van der Waals surface area contributed by atoms with E-state index in [-0.39, 0.29) is 18.4 Å². The number of ether oxygens (including phenoxy) is 1. The second-order valence-electron chi connectivity index (χ2n) is 4.65. The summed E-state index contributed by atoms with van der Waals surface area (Å²) >= 11 is 0. The van der Waals surface area contributed by atoms with E-state index in [1.54, 1.807) is 16.9 Å². The van der Waals surface area contributed by atoms with E-state index < -0.39 is 0 Å². The zero-order valence-corrected chi connectivity index (χ0v) is 11.5. The third kappa shape index (κ3) is 4.64.